The molecule has 17 heavy (non-hydrogen) atoms. The summed E-state index contributed by atoms with van der Waals surface area (Å²) in [6, 6.07) is 8.54. The molecule has 0 aromatic heterocycles. The lowest BCUT2D eigenvalue weighted by Crippen LogP contribution is -2.39. The summed E-state index contributed by atoms with van der Waals surface area (Å²) < 4.78 is 0. The van der Waals surface area contributed by atoms with Crippen LogP contribution in [-0.2, 0) is 0 Å². The van der Waals surface area contributed by atoms with Crippen LogP contribution in [0.1, 0.15) is 24.2 Å². The van der Waals surface area contributed by atoms with Crippen molar-refractivity contribution in [3.8, 4) is 6.07 Å². The minimum absolute atomic E-state index is 0.0800. The molecule has 1 atom stereocenters. The zero-order valence-corrected chi connectivity index (χ0v) is 10.9. The van der Waals surface area contributed by atoms with Crippen LogP contribution in [0.25, 0.3) is 0 Å². The SMILES string of the molecule is CC(C)C(C#N)N(C)C(=O)c1ccccc1Cl. The van der Waals surface area contributed by atoms with E-state index >= 15 is 0 Å². The van der Waals surface area contributed by atoms with E-state index in [1.54, 1.807) is 31.3 Å². The molecular formula is C13H15ClN2O. The van der Waals surface area contributed by atoms with Gasteiger partial charge in [-0.3, -0.25) is 4.79 Å². The number of hydrogen-bond acceptors (Lipinski definition) is 2. The number of amides is 1. The molecule has 0 bridgehead atoms. The van der Waals surface area contributed by atoms with Crippen molar-refractivity contribution in [3.05, 3.63) is 34.9 Å². The molecular weight excluding hydrogens is 236 g/mol. The van der Waals surface area contributed by atoms with Crippen molar-refractivity contribution in [1.82, 2.24) is 4.90 Å². The zero-order chi connectivity index (χ0) is 13.0. The van der Waals surface area contributed by atoms with Crippen molar-refractivity contribution >= 4 is 17.5 Å². The van der Waals surface area contributed by atoms with Crippen LogP contribution in [0.4, 0.5) is 0 Å². The van der Waals surface area contributed by atoms with E-state index in [0.717, 1.165) is 0 Å². The summed E-state index contributed by atoms with van der Waals surface area (Å²) in [5, 5.41) is 9.46. The van der Waals surface area contributed by atoms with Crippen molar-refractivity contribution in [3.63, 3.8) is 0 Å². The third-order valence-electron chi connectivity index (χ3n) is 2.61. The second kappa shape index (κ2) is 5.70. The number of carbonyl (C=O) groups excluding carboxylic acids is 1. The molecule has 0 spiro atoms. The molecule has 0 aliphatic rings. The predicted octanol–water partition coefficient (Wildman–Crippen LogP) is 2.96. The van der Waals surface area contributed by atoms with Gasteiger partial charge in [0.2, 0.25) is 0 Å². The number of nitriles is 1. The van der Waals surface area contributed by atoms with Gasteiger partial charge in [-0.2, -0.15) is 5.26 Å². The summed E-state index contributed by atoms with van der Waals surface area (Å²) in [5.74, 6) is -0.146. The number of benzene rings is 1. The Labute approximate surface area is 107 Å². The fourth-order valence-electron chi connectivity index (χ4n) is 1.63. The summed E-state index contributed by atoms with van der Waals surface area (Å²) in [5.41, 5.74) is 0.428. The minimum atomic E-state index is -0.446. The summed E-state index contributed by atoms with van der Waals surface area (Å²) >= 11 is 5.96. The first-order chi connectivity index (χ1) is 7.99. The average Bonchev–Trinajstić information content (AvgIpc) is 2.29. The highest BCUT2D eigenvalue weighted by atomic mass is 35.5. The molecule has 0 radical (unpaired) electrons. The zero-order valence-electron chi connectivity index (χ0n) is 10.1. The fourth-order valence-corrected chi connectivity index (χ4v) is 1.85. The van der Waals surface area contributed by atoms with Crippen LogP contribution in [0.5, 0.6) is 0 Å². The maximum atomic E-state index is 12.2. The molecule has 0 N–H and O–H groups in total. The number of halogens is 1. The normalized spacial score (nSPS) is 12.0. The van der Waals surface area contributed by atoms with E-state index in [1.807, 2.05) is 13.8 Å². The summed E-state index contributed by atoms with van der Waals surface area (Å²) in [6.45, 7) is 3.81. The molecule has 0 fully saturated rings. The number of nitrogens with zero attached hydrogens (tertiary/aromatic N) is 2. The summed E-state index contributed by atoms with van der Waals surface area (Å²) in [7, 11) is 1.62. The van der Waals surface area contributed by atoms with Gasteiger partial charge in [0.25, 0.3) is 5.91 Å². The smallest absolute Gasteiger partial charge is 0.256 e. The average molecular weight is 251 g/mol. The monoisotopic (exact) mass is 250 g/mol. The van der Waals surface area contributed by atoms with Gasteiger partial charge in [-0.1, -0.05) is 37.6 Å². The highest BCUT2D eigenvalue weighted by Gasteiger charge is 2.24. The second-order valence-corrected chi connectivity index (χ2v) is 4.62. The van der Waals surface area contributed by atoms with Crippen molar-refractivity contribution in [2.45, 2.75) is 19.9 Å². The lowest BCUT2D eigenvalue weighted by atomic mass is 10.0. The Hall–Kier alpha value is -1.53. The van der Waals surface area contributed by atoms with Gasteiger partial charge >= 0.3 is 0 Å². The largest absolute Gasteiger partial charge is 0.325 e. The molecule has 3 nitrogen and oxygen atoms in total. The van der Waals surface area contributed by atoms with Gasteiger partial charge in [-0.15, -0.1) is 0 Å². The maximum Gasteiger partial charge on any atom is 0.256 e. The Morgan fingerprint density at radius 2 is 2.00 bits per heavy atom. The Morgan fingerprint density at radius 1 is 1.41 bits per heavy atom. The topological polar surface area (TPSA) is 44.1 Å². The summed E-state index contributed by atoms with van der Waals surface area (Å²) in [4.78, 5) is 13.6. The van der Waals surface area contributed by atoms with Crippen molar-refractivity contribution < 1.29 is 4.79 Å². The van der Waals surface area contributed by atoms with Crippen LogP contribution < -0.4 is 0 Å². The van der Waals surface area contributed by atoms with Crippen molar-refractivity contribution in [2.24, 2.45) is 5.92 Å². The van der Waals surface area contributed by atoms with Crippen molar-refractivity contribution in [1.29, 1.82) is 5.26 Å². The Balaban J connectivity index is 2.99. The molecule has 0 aliphatic heterocycles. The van der Waals surface area contributed by atoms with E-state index < -0.39 is 6.04 Å². The third-order valence-corrected chi connectivity index (χ3v) is 2.94. The molecule has 1 aromatic rings. The number of hydrogen-bond donors (Lipinski definition) is 0. The number of carbonyl (C=O) groups is 1. The van der Waals surface area contributed by atoms with Gasteiger partial charge < -0.3 is 4.90 Å². The van der Waals surface area contributed by atoms with E-state index in [1.165, 1.54) is 4.90 Å². The van der Waals surface area contributed by atoms with Crippen LogP contribution in [0.3, 0.4) is 0 Å². The first-order valence-electron chi connectivity index (χ1n) is 5.40. The molecule has 0 aliphatic carbocycles. The first-order valence-corrected chi connectivity index (χ1v) is 5.78. The second-order valence-electron chi connectivity index (χ2n) is 4.21. The highest BCUT2D eigenvalue weighted by molar-refractivity contribution is 6.33. The highest BCUT2D eigenvalue weighted by Crippen LogP contribution is 2.19. The molecule has 0 saturated heterocycles. The molecule has 1 aromatic carbocycles. The minimum Gasteiger partial charge on any atom is -0.325 e. The van der Waals surface area contributed by atoms with Gasteiger partial charge in [0, 0.05) is 7.05 Å². The Morgan fingerprint density at radius 3 is 2.47 bits per heavy atom. The molecule has 0 saturated carbocycles. The molecule has 1 rings (SSSR count). The quantitative estimate of drug-likeness (QED) is 0.828. The van der Waals surface area contributed by atoms with Crippen LogP contribution >= 0.6 is 11.6 Å². The maximum absolute atomic E-state index is 12.2. The Kier molecular flexibility index (Phi) is 4.53. The third kappa shape index (κ3) is 2.98. The van der Waals surface area contributed by atoms with Crippen LogP contribution in [0.2, 0.25) is 5.02 Å². The van der Waals surface area contributed by atoms with E-state index in [4.69, 9.17) is 16.9 Å². The molecule has 1 amide bonds. The van der Waals surface area contributed by atoms with Crippen LogP contribution in [0, 0.1) is 17.2 Å². The van der Waals surface area contributed by atoms with Crippen LogP contribution in [0.15, 0.2) is 24.3 Å². The van der Waals surface area contributed by atoms with Gasteiger partial charge in [0.05, 0.1) is 16.7 Å². The van der Waals surface area contributed by atoms with E-state index in [2.05, 4.69) is 6.07 Å². The summed E-state index contributed by atoms with van der Waals surface area (Å²) in [6.07, 6.45) is 0. The first kappa shape index (κ1) is 13.5. The number of rotatable bonds is 3. The fraction of sp³-hybridized carbons (Fsp3) is 0.385. The van der Waals surface area contributed by atoms with Gasteiger partial charge in [0.15, 0.2) is 0 Å². The van der Waals surface area contributed by atoms with Crippen LogP contribution in [-0.4, -0.2) is 23.9 Å². The van der Waals surface area contributed by atoms with Crippen molar-refractivity contribution in [2.75, 3.05) is 7.05 Å². The van der Waals surface area contributed by atoms with E-state index in [0.29, 0.717) is 10.6 Å². The lowest BCUT2D eigenvalue weighted by Gasteiger charge is -2.25. The standard InChI is InChI=1S/C13H15ClN2O/c1-9(2)12(8-15)16(3)13(17)10-6-4-5-7-11(10)14/h4-7,9,12H,1-3H3. The van der Waals surface area contributed by atoms with Gasteiger partial charge in [0.1, 0.15) is 6.04 Å². The lowest BCUT2D eigenvalue weighted by molar-refractivity contribution is 0.0736. The van der Waals surface area contributed by atoms with E-state index in [9.17, 15) is 4.79 Å². The molecule has 90 valence electrons. The van der Waals surface area contributed by atoms with Gasteiger partial charge in [-0.25, -0.2) is 0 Å². The molecule has 1 unspecified atom stereocenters. The van der Waals surface area contributed by atoms with E-state index in [-0.39, 0.29) is 11.8 Å². The predicted molar refractivity (Wildman–Crippen MR) is 67.8 cm³/mol. The molecule has 4 heteroatoms. The van der Waals surface area contributed by atoms with Gasteiger partial charge in [-0.05, 0) is 18.1 Å². The Bertz CT molecular complexity index is 451. The molecule has 0 heterocycles.